The Morgan fingerprint density at radius 1 is 0.960 bits per heavy atom. The molecule has 0 unspecified atom stereocenters. The van der Waals surface area contributed by atoms with E-state index >= 15 is 0 Å². The van der Waals surface area contributed by atoms with Gasteiger partial charge in [-0.15, -0.1) is 0 Å². The van der Waals surface area contributed by atoms with E-state index in [9.17, 15) is 5.11 Å². The quantitative estimate of drug-likeness (QED) is 0.639. The van der Waals surface area contributed by atoms with Crippen molar-refractivity contribution >= 4 is 11.9 Å². The molecule has 0 saturated heterocycles. The number of phenols is 1. The minimum absolute atomic E-state index is 0.0893. The average Bonchev–Trinajstić information content (AvgIpc) is 2.61. The fraction of sp³-hybridized carbons (Fsp3) is 0.435. The zero-order valence-electron chi connectivity index (χ0n) is 15.6. The molecule has 25 heavy (non-hydrogen) atoms. The van der Waals surface area contributed by atoms with Crippen molar-refractivity contribution in [3.63, 3.8) is 0 Å². The Balaban J connectivity index is 1.91. The molecule has 0 radical (unpaired) electrons. The van der Waals surface area contributed by atoms with Gasteiger partial charge in [-0.25, -0.2) is 0 Å². The molecular weight excluding hydrogens is 306 g/mol. The van der Waals surface area contributed by atoms with Crippen LogP contribution in [0.2, 0.25) is 0 Å². The predicted molar refractivity (Wildman–Crippen MR) is 106 cm³/mol. The number of aliphatic imine (C=N–C) groups is 1. The van der Waals surface area contributed by atoms with Gasteiger partial charge in [-0.05, 0) is 47.4 Å². The van der Waals surface area contributed by atoms with Gasteiger partial charge in [0.25, 0.3) is 0 Å². The Morgan fingerprint density at radius 3 is 2.40 bits per heavy atom. The molecule has 0 aliphatic heterocycles. The molecule has 0 heterocycles. The number of rotatable bonds is 3. The van der Waals surface area contributed by atoms with Crippen molar-refractivity contribution in [3.8, 4) is 5.75 Å². The second-order valence-corrected chi connectivity index (χ2v) is 8.15. The summed E-state index contributed by atoms with van der Waals surface area (Å²) in [4.78, 5) is 4.75. The van der Waals surface area contributed by atoms with Crippen molar-refractivity contribution in [2.75, 3.05) is 0 Å². The highest BCUT2D eigenvalue weighted by Crippen LogP contribution is 2.38. The van der Waals surface area contributed by atoms with Gasteiger partial charge in [0.1, 0.15) is 5.75 Å². The maximum Gasteiger partial charge on any atom is 0.128 e. The first-order valence-electron chi connectivity index (χ1n) is 9.42. The summed E-state index contributed by atoms with van der Waals surface area (Å²) in [5, 5.41) is 10.6. The van der Waals surface area contributed by atoms with Gasteiger partial charge in [0, 0.05) is 11.8 Å². The maximum atomic E-state index is 10.6. The number of hydrogen-bond donors (Lipinski definition) is 1. The molecule has 0 amide bonds. The van der Waals surface area contributed by atoms with Crippen LogP contribution in [0.25, 0.3) is 0 Å². The van der Waals surface area contributed by atoms with E-state index in [0.29, 0.717) is 11.7 Å². The first-order valence-corrected chi connectivity index (χ1v) is 9.42. The van der Waals surface area contributed by atoms with Crippen molar-refractivity contribution in [1.82, 2.24) is 0 Å². The van der Waals surface area contributed by atoms with E-state index in [2.05, 4.69) is 39.0 Å². The summed E-state index contributed by atoms with van der Waals surface area (Å²) in [7, 11) is 0. The molecule has 0 aromatic heterocycles. The van der Waals surface area contributed by atoms with Crippen LogP contribution in [0.4, 0.5) is 5.69 Å². The topological polar surface area (TPSA) is 32.6 Å². The Hall–Kier alpha value is -2.09. The van der Waals surface area contributed by atoms with Crippen LogP contribution in [0.5, 0.6) is 5.75 Å². The number of para-hydroxylation sites is 2. The van der Waals surface area contributed by atoms with Gasteiger partial charge < -0.3 is 5.11 Å². The van der Waals surface area contributed by atoms with Gasteiger partial charge >= 0.3 is 0 Å². The van der Waals surface area contributed by atoms with Crippen LogP contribution < -0.4 is 0 Å². The summed E-state index contributed by atoms with van der Waals surface area (Å²) in [5.74, 6) is 0.963. The summed E-state index contributed by atoms with van der Waals surface area (Å²) < 4.78 is 0. The van der Waals surface area contributed by atoms with E-state index in [4.69, 9.17) is 4.99 Å². The van der Waals surface area contributed by atoms with Gasteiger partial charge in [0.05, 0.1) is 5.69 Å². The molecule has 2 nitrogen and oxygen atoms in total. The summed E-state index contributed by atoms with van der Waals surface area (Å²) in [6.45, 7) is 6.34. The molecule has 1 fully saturated rings. The molecule has 3 rings (SSSR count). The fourth-order valence-electron chi connectivity index (χ4n) is 3.77. The van der Waals surface area contributed by atoms with E-state index in [0.717, 1.165) is 16.8 Å². The van der Waals surface area contributed by atoms with Crippen molar-refractivity contribution < 1.29 is 5.11 Å². The van der Waals surface area contributed by atoms with Crippen molar-refractivity contribution in [1.29, 1.82) is 0 Å². The third-order valence-electron chi connectivity index (χ3n) is 5.20. The van der Waals surface area contributed by atoms with Crippen LogP contribution in [-0.2, 0) is 5.41 Å². The van der Waals surface area contributed by atoms with Gasteiger partial charge in [-0.3, -0.25) is 4.99 Å². The minimum Gasteiger partial charge on any atom is -0.507 e. The molecule has 2 heteroatoms. The van der Waals surface area contributed by atoms with Gasteiger partial charge in [-0.1, -0.05) is 70.4 Å². The van der Waals surface area contributed by atoms with E-state index in [-0.39, 0.29) is 5.41 Å². The third kappa shape index (κ3) is 4.12. The second-order valence-electron chi connectivity index (χ2n) is 8.15. The van der Waals surface area contributed by atoms with Crippen LogP contribution in [-0.4, -0.2) is 11.3 Å². The summed E-state index contributed by atoms with van der Waals surface area (Å²) in [6.07, 6.45) is 8.32. The summed E-state index contributed by atoms with van der Waals surface area (Å²) >= 11 is 0. The molecule has 132 valence electrons. The lowest BCUT2D eigenvalue weighted by Gasteiger charge is -2.23. The first kappa shape index (κ1) is 17.7. The van der Waals surface area contributed by atoms with Crippen molar-refractivity contribution in [2.45, 2.75) is 64.2 Å². The Labute approximate surface area is 151 Å². The molecule has 0 bridgehead atoms. The summed E-state index contributed by atoms with van der Waals surface area (Å²) in [6, 6.07) is 14.4. The lowest BCUT2D eigenvalue weighted by molar-refractivity contribution is 0.444. The Kier molecular flexibility index (Phi) is 5.27. The van der Waals surface area contributed by atoms with E-state index in [1.165, 1.54) is 37.7 Å². The van der Waals surface area contributed by atoms with E-state index < -0.39 is 0 Å². The largest absolute Gasteiger partial charge is 0.507 e. The monoisotopic (exact) mass is 335 g/mol. The Morgan fingerprint density at radius 2 is 1.68 bits per heavy atom. The molecule has 0 atom stereocenters. The molecular formula is C23H29NO. The first-order chi connectivity index (χ1) is 12.0. The van der Waals surface area contributed by atoms with Crippen molar-refractivity contribution in [3.05, 3.63) is 59.2 Å². The van der Waals surface area contributed by atoms with Crippen LogP contribution in [0.1, 0.15) is 75.5 Å². The number of hydrogen-bond acceptors (Lipinski definition) is 2. The predicted octanol–water partition coefficient (Wildman–Crippen LogP) is 6.49. The second kappa shape index (κ2) is 7.43. The molecule has 2 aromatic rings. The third-order valence-corrected chi connectivity index (χ3v) is 5.20. The number of phenolic OH excluding ortho intramolecular Hbond substituents is 1. The van der Waals surface area contributed by atoms with Crippen LogP contribution in [0.3, 0.4) is 0 Å². The fourth-order valence-corrected chi connectivity index (χ4v) is 3.77. The minimum atomic E-state index is -0.0893. The van der Waals surface area contributed by atoms with Gasteiger partial charge in [0.15, 0.2) is 0 Å². The number of benzene rings is 2. The lowest BCUT2D eigenvalue weighted by atomic mass is 9.83. The standard InChI is InChI=1S/C23H29NO/c1-23(2,3)20-14-9-12-18(22(20)25)16-24-21-15-8-7-13-19(21)17-10-5-4-6-11-17/h7-9,12-17,25H,4-6,10-11H2,1-3H3. The number of aromatic hydroxyl groups is 1. The normalized spacial score (nSPS) is 16.4. The maximum absolute atomic E-state index is 10.6. The molecule has 0 spiro atoms. The van der Waals surface area contributed by atoms with Crippen LogP contribution in [0, 0.1) is 0 Å². The molecule has 1 saturated carbocycles. The molecule has 1 N–H and O–H groups in total. The highest BCUT2D eigenvalue weighted by molar-refractivity contribution is 5.86. The lowest BCUT2D eigenvalue weighted by Crippen LogP contribution is -2.11. The van der Waals surface area contributed by atoms with Crippen LogP contribution in [0.15, 0.2) is 47.5 Å². The zero-order valence-corrected chi connectivity index (χ0v) is 15.6. The van der Waals surface area contributed by atoms with Crippen molar-refractivity contribution in [2.24, 2.45) is 4.99 Å². The Bertz CT molecular complexity index is 749. The molecule has 1 aliphatic carbocycles. The van der Waals surface area contributed by atoms with E-state index in [1.807, 2.05) is 30.5 Å². The van der Waals surface area contributed by atoms with Crippen LogP contribution >= 0.6 is 0 Å². The zero-order chi connectivity index (χ0) is 17.9. The van der Waals surface area contributed by atoms with E-state index in [1.54, 1.807) is 0 Å². The number of nitrogens with zero attached hydrogens (tertiary/aromatic N) is 1. The van der Waals surface area contributed by atoms with Gasteiger partial charge in [0.2, 0.25) is 0 Å². The average molecular weight is 335 g/mol. The highest BCUT2D eigenvalue weighted by Gasteiger charge is 2.20. The highest BCUT2D eigenvalue weighted by atomic mass is 16.3. The SMILES string of the molecule is CC(C)(C)c1cccc(C=Nc2ccccc2C2CCCCC2)c1O. The molecule has 2 aromatic carbocycles. The molecule has 1 aliphatic rings. The summed E-state index contributed by atoms with van der Waals surface area (Å²) in [5.41, 5.74) is 4.04. The van der Waals surface area contributed by atoms with Gasteiger partial charge in [-0.2, -0.15) is 0 Å². The smallest absolute Gasteiger partial charge is 0.128 e.